The van der Waals surface area contributed by atoms with Crippen LogP contribution in [0.1, 0.15) is 18.2 Å². The van der Waals surface area contributed by atoms with Crippen molar-refractivity contribution in [1.82, 2.24) is 9.97 Å². The second-order valence-electron chi connectivity index (χ2n) is 6.09. The van der Waals surface area contributed by atoms with Crippen molar-refractivity contribution < 1.29 is 9.47 Å². The van der Waals surface area contributed by atoms with Gasteiger partial charge in [-0.3, -0.25) is 0 Å². The van der Waals surface area contributed by atoms with E-state index in [0.717, 1.165) is 40.8 Å². The van der Waals surface area contributed by atoms with E-state index in [1.807, 2.05) is 31.2 Å². The molecule has 0 unspecified atom stereocenters. The Bertz CT molecular complexity index is 926. The van der Waals surface area contributed by atoms with Gasteiger partial charge in [-0.05, 0) is 43.2 Å². The lowest BCUT2D eigenvalue weighted by molar-refractivity contribution is 0.174. The summed E-state index contributed by atoms with van der Waals surface area (Å²) >= 11 is 0. The van der Waals surface area contributed by atoms with Gasteiger partial charge in [0, 0.05) is 29.2 Å². The van der Waals surface area contributed by atoms with Gasteiger partial charge in [0.1, 0.15) is 5.82 Å². The molecule has 0 aliphatic carbocycles. The Balaban J connectivity index is 1.53. The molecule has 6 heteroatoms. The van der Waals surface area contributed by atoms with Crippen LogP contribution in [0.5, 0.6) is 11.5 Å². The van der Waals surface area contributed by atoms with Crippen molar-refractivity contribution in [1.29, 1.82) is 0 Å². The van der Waals surface area contributed by atoms with Gasteiger partial charge in [0.2, 0.25) is 12.7 Å². The van der Waals surface area contributed by atoms with E-state index < -0.39 is 0 Å². The quantitative estimate of drug-likeness (QED) is 0.704. The molecular formula is C20H20N4O2. The summed E-state index contributed by atoms with van der Waals surface area (Å²) in [5, 5.41) is 6.55. The number of nitrogens with one attached hydrogen (secondary N) is 2. The molecule has 4 rings (SSSR count). The Hall–Kier alpha value is -3.28. The topological polar surface area (TPSA) is 68.3 Å². The normalized spacial score (nSPS) is 12.1. The van der Waals surface area contributed by atoms with Crippen LogP contribution >= 0.6 is 0 Å². The van der Waals surface area contributed by atoms with Crippen molar-refractivity contribution in [2.75, 3.05) is 17.4 Å². The van der Waals surface area contributed by atoms with Crippen LogP contribution in [0.3, 0.4) is 0 Å². The summed E-state index contributed by atoms with van der Waals surface area (Å²) in [5.74, 6) is 2.73. The minimum Gasteiger partial charge on any atom is -0.454 e. The molecule has 0 radical (unpaired) electrons. The molecule has 2 heterocycles. The number of aromatic nitrogens is 2. The number of anilines is 4. The number of rotatable bonds is 5. The predicted octanol–water partition coefficient (Wildman–Crippen LogP) is 4.56. The number of nitrogens with zero attached hydrogens (tertiary/aromatic N) is 2. The van der Waals surface area contributed by atoms with Crippen LogP contribution in [0, 0.1) is 6.92 Å². The van der Waals surface area contributed by atoms with Crippen LogP contribution in [0.25, 0.3) is 0 Å². The van der Waals surface area contributed by atoms with Crippen molar-refractivity contribution in [3.63, 3.8) is 0 Å². The van der Waals surface area contributed by atoms with Gasteiger partial charge in [-0.25, -0.2) is 4.98 Å². The first-order valence-corrected chi connectivity index (χ1v) is 8.58. The van der Waals surface area contributed by atoms with Gasteiger partial charge in [0.05, 0.1) is 0 Å². The molecule has 2 N–H and O–H groups in total. The summed E-state index contributed by atoms with van der Waals surface area (Å²) < 4.78 is 10.7. The van der Waals surface area contributed by atoms with E-state index >= 15 is 0 Å². The summed E-state index contributed by atoms with van der Waals surface area (Å²) in [4.78, 5) is 9.01. The monoisotopic (exact) mass is 348 g/mol. The zero-order valence-corrected chi connectivity index (χ0v) is 14.7. The van der Waals surface area contributed by atoms with E-state index in [1.165, 1.54) is 5.56 Å². The summed E-state index contributed by atoms with van der Waals surface area (Å²) in [5.41, 5.74) is 4.02. The largest absolute Gasteiger partial charge is 0.454 e. The Labute approximate surface area is 152 Å². The van der Waals surface area contributed by atoms with Gasteiger partial charge in [-0.2, -0.15) is 4.98 Å². The van der Waals surface area contributed by atoms with E-state index in [-0.39, 0.29) is 6.79 Å². The average molecular weight is 348 g/mol. The standard InChI is InChI=1S/C20H20N4O2/c1-3-14-4-6-15(7-5-14)22-19-10-13(2)21-20(24-19)23-16-8-9-17-18(11-16)26-12-25-17/h4-11H,3,12H2,1-2H3,(H2,21,22,23,24). The van der Waals surface area contributed by atoms with Gasteiger partial charge in [0.25, 0.3) is 0 Å². The lowest BCUT2D eigenvalue weighted by atomic mass is 10.1. The molecule has 3 aromatic rings. The van der Waals surface area contributed by atoms with Crippen LogP contribution in [-0.2, 0) is 6.42 Å². The molecule has 1 aromatic heterocycles. The second-order valence-corrected chi connectivity index (χ2v) is 6.09. The number of hydrogen-bond donors (Lipinski definition) is 2. The Morgan fingerprint density at radius 1 is 0.885 bits per heavy atom. The smallest absolute Gasteiger partial charge is 0.231 e. The Morgan fingerprint density at radius 3 is 2.46 bits per heavy atom. The molecule has 132 valence electrons. The third kappa shape index (κ3) is 3.54. The van der Waals surface area contributed by atoms with Gasteiger partial charge in [-0.15, -0.1) is 0 Å². The first kappa shape index (κ1) is 16.2. The fourth-order valence-electron chi connectivity index (χ4n) is 2.76. The number of fused-ring (bicyclic) bond motifs is 1. The molecular weight excluding hydrogens is 328 g/mol. The molecule has 0 amide bonds. The molecule has 0 saturated heterocycles. The van der Waals surface area contributed by atoms with Crippen LogP contribution in [0.2, 0.25) is 0 Å². The molecule has 0 saturated carbocycles. The molecule has 0 bridgehead atoms. The van der Waals surface area contributed by atoms with Crippen molar-refractivity contribution >= 4 is 23.1 Å². The second kappa shape index (κ2) is 6.92. The molecule has 0 atom stereocenters. The van der Waals surface area contributed by atoms with E-state index in [9.17, 15) is 0 Å². The first-order chi connectivity index (χ1) is 12.7. The highest BCUT2D eigenvalue weighted by Gasteiger charge is 2.13. The van der Waals surface area contributed by atoms with E-state index in [2.05, 4.69) is 51.8 Å². The third-order valence-corrected chi connectivity index (χ3v) is 4.12. The van der Waals surface area contributed by atoms with Gasteiger partial charge in [-0.1, -0.05) is 19.1 Å². The first-order valence-electron chi connectivity index (χ1n) is 8.58. The SMILES string of the molecule is CCc1ccc(Nc2cc(C)nc(Nc3ccc4c(c3)OCO4)n2)cc1. The lowest BCUT2D eigenvalue weighted by Gasteiger charge is -2.11. The number of benzene rings is 2. The molecule has 1 aliphatic rings. The van der Waals surface area contributed by atoms with Gasteiger partial charge in [0.15, 0.2) is 11.5 Å². The maximum atomic E-state index is 5.41. The summed E-state index contributed by atoms with van der Waals surface area (Å²) in [6.07, 6.45) is 1.02. The van der Waals surface area contributed by atoms with Crippen LogP contribution in [0.4, 0.5) is 23.1 Å². The zero-order valence-electron chi connectivity index (χ0n) is 14.7. The lowest BCUT2D eigenvalue weighted by Crippen LogP contribution is -2.02. The van der Waals surface area contributed by atoms with Crippen molar-refractivity contribution in [2.45, 2.75) is 20.3 Å². The molecule has 6 nitrogen and oxygen atoms in total. The van der Waals surface area contributed by atoms with Crippen molar-refractivity contribution in [2.24, 2.45) is 0 Å². The Morgan fingerprint density at radius 2 is 1.65 bits per heavy atom. The number of ether oxygens (including phenoxy) is 2. The van der Waals surface area contributed by atoms with Crippen LogP contribution < -0.4 is 20.1 Å². The fourth-order valence-corrected chi connectivity index (χ4v) is 2.76. The van der Waals surface area contributed by atoms with Crippen molar-refractivity contribution in [3.8, 4) is 11.5 Å². The van der Waals surface area contributed by atoms with Crippen molar-refractivity contribution in [3.05, 3.63) is 59.8 Å². The van der Waals surface area contributed by atoms with E-state index in [1.54, 1.807) is 0 Å². The summed E-state index contributed by atoms with van der Waals surface area (Å²) in [6, 6.07) is 15.9. The highest BCUT2D eigenvalue weighted by Crippen LogP contribution is 2.34. The van der Waals surface area contributed by atoms with Crippen LogP contribution in [-0.4, -0.2) is 16.8 Å². The molecule has 0 spiro atoms. The van der Waals surface area contributed by atoms with Gasteiger partial charge >= 0.3 is 0 Å². The Kier molecular flexibility index (Phi) is 4.31. The zero-order chi connectivity index (χ0) is 17.9. The molecule has 2 aromatic carbocycles. The number of hydrogen-bond acceptors (Lipinski definition) is 6. The highest BCUT2D eigenvalue weighted by atomic mass is 16.7. The van der Waals surface area contributed by atoms with E-state index in [4.69, 9.17) is 9.47 Å². The molecule has 1 aliphatic heterocycles. The van der Waals surface area contributed by atoms with E-state index in [0.29, 0.717) is 5.95 Å². The third-order valence-electron chi connectivity index (χ3n) is 4.12. The summed E-state index contributed by atoms with van der Waals surface area (Å²) in [6.45, 7) is 4.34. The highest BCUT2D eigenvalue weighted by molar-refractivity contribution is 5.63. The summed E-state index contributed by atoms with van der Waals surface area (Å²) in [7, 11) is 0. The number of aryl methyl sites for hydroxylation is 2. The fraction of sp³-hybridized carbons (Fsp3) is 0.200. The minimum atomic E-state index is 0.255. The maximum absolute atomic E-state index is 5.41. The minimum absolute atomic E-state index is 0.255. The van der Waals surface area contributed by atoms with Crippen LogP contribution in [0.15, 0.2) is 48.5 Å². The predicted molar refractivity (Wildman–Crippen MR) is 102 cm³/mol. The molecule has 26 heavy (non-hydrogen) atoms. The van der Waals surface area contributed by atoms with Gasteiger partial charge < -0.3 is 20.1 Å². The average Bonchev–Trinajstić information content (AvgIpc) is 3.09. The maximum Gasteiger partial charge on any atom is 0.231 e. The molecule has 0 fully saturated rings.